The van der Waals surface area contributed by atoms with Gasteiger partial charge in [0, 0.05) is 31.6 Å². The highest BCUT2D eigenvalue weighted by atomic mass is 16.2. The average molecular weight is 284 g/mol. The molecular weight excluding hydrogens is 264 g/mol. The van der Waals surface area contributed by atoms with Crippen LogP contribution in [-0.4, -0.2) is 41.5 Å². The molecule has 5 heteroatoms. The Hall–Kier alpha value is -2.22. The first-order valence-corrected chi connectivity index (χ1v) is 7.46. The number of benzene rings is 1. The van der Waals surface area contributed by atoms with Crippen molar-refractivity contribution in [1.29, 1.82) is 5.26 Å². The first kappa shape index (κ1) is 13.7. The van der Waals surface area contributed by atoms with Crippen molar-refractivity contribution < 1.29 is 4.79 Å². The highest BCUT2D eigenvalue weighted by Gasteiger charge is 2.43. The van der Waals surface area contributed by atoms with E-state index in [0.29, 0.717) is 18.4 Å². The Morgan fingerprint density at radius 2 is 2.00 bits per heavy atom. The van der Waals surface area contributed by atoms with E-state index in [4.69, 9.17) is 11.0 Å². The lowest BCUT2D eigenvalue weighted by Crippen LogP contribution is -2.45. The van der Waals surface area contributed by atoms with Crippen LogP contribution in [0.1, 0.15) is 24.3 Å². The molecule has 110 valence electrons. The summed E-state index contributed by atoms with van der Waals surface area (Å²) < 4.78 is 0. The van der Waals surface area contributed by atoms with E-state index in [9.17, 15) is 4.79 Å². The van der Waals surface area contributed by atoms with Gasteiger partial charge in [0.25, 0.3) is 0 Å². The summed E-state index contributed by atoms with van der Waals surface area (Å²) in [5, 5.41) is 9.06. The molecule has 0 spiro atoms. The molecule has 2 N–H and O–H groups in total. The van der Waals surface area contributed by atoms with E-state index >= 15 is 0 Å². The van der Waals surface area contributed by atoms with Gasteiger partial charge < -0.3 is 15.5 Å². The fourth-order valence-corrected chi connectivity index (χ4v) is 3.88. The van der Waals surface area contributed by atoms with Gasteiger partial charge >= 0.3 is 6.03 Å². The third kappa shape index (κ3) is 2.54. The summed E-state index contributed by atoms with van der Waals surface area (Å²) in [6.45, 7) is 2.22. The summed E-state index contributed by atoms with van der Waals surface area (Å²) in [4.78, 5) is 15.4. The average Bonchev–Trinajstić information content (AvgIpc) is 3.14. The molecule has 2 amide bonds. The Morgan fingerprint density at radius 3 is 2.62 bits per heavy atom. The van der Waals surface area contributed by atoms with Crippen molar-refractivity contribution in [2.75, 3.05) is 19.6 Å². The number of rotatable bonds is 2. The molecule has 1 aromatic rings. The number of amides is 2. The van der Waals surface area contributed by atoms with E-state index < -0.39 is 0 Å². The van der Waals surface area contributed by atoms with Crippen LogP contribution in [-0.2, 0) is 0 Å². The van der Waals surface area contributed by atoms with Gasteiger partial charge in [-0.3, -0.25) is 0 Å². The second-order valence-electron chi connectivity index (χ2n) is 5.92. The van der Waals surface area contributed by atoms with Crippen molar-refractivity contribution >= 4 is 6.03 Å². The standard InChI is InChI=1S/C16H20N4O/c17-11-19-8-6-13(10-19)15-14(7-9-20(15)16(18)21)12-4-2-1-3-5-12/h1-5,13-15H,6-10H2,(H2,18,21)/t13-,14?,15?/m1/s1. The lowest BCUT2D eigenvalue weighted by molar-refractivity contribution is 0.177. The maximum absolute atomic E-state index is 11.8. The quantitative estimate of drug-likeness (QED) is 0.840. The fraction of sp³-hybridized carbons (Fsp3) is 0.500. The number of nitrogens with zero attached hydrogens (tertiary/aromatic N) is 3. The largest absolute Gasteiger partial charge is 0.351 e. The van der Waals surface area contributed by atoms with Crippen LogP contribution in [0.4, 0.5) is 4.79 Å². The Bertz CT molecular complexity index is 553. The molecule has 0 bridgehead atoms. The van der Waals surface area contributed by atoms with E-state index in [1.807, 2.05) is 23.1 Å². The van der Waals surface area contributed by atoms with Crippen molar-refractivity contribution in [2.45, 2.75) is 24.8 Å². The van der Waals surface area contributed by atoms with Gasteiger partial charge in [-0.25, -0.2) is 4.79 Å². The molecule has 21 heavy (non-hydrogen) atoms. The van der Waals surface area contributed by atoms with Crippen molar-refractivity contribution in [1.82, 2.24) is 9.80 Å². The van der Waals surface area contributed by atoms with E-state index in [1.54, 1.807) is 4.90 Å². The van der Waals surface area contributed by atoms with Crippen LogP contribution in [0, 0.1) is 17.4 Å². The maximum Gasteiger partial charge on any atom is 0.315 e. The first-order chi connectivity index (χ1) is 10.2. The molecule has 2 heterocycles. The Balaban J connectivity index is 1.87. The molecule has 3 rings (SSSR count). The van der Waals surface area contributed by atoms with E-state index in [1.165, 1.54) is 5.56 Å². The van der Waals surface area contributed by atoms with E-state index in [-0.39, 0.29) is 12.1 Å². The zero-order valence-corrected chi connectivity index (χ0v) is 12.0. The second-order valence-corrected chi connectivity index (χ2v) is 5.92. The predicted octanol–water partition coefficient (Wildman–Crippen LogP) is 1.73. The summed E-state index contributed by atoms with van der Waals surface area (Å²) >= 11 is 0. The van der Waals surface area contributed by atoms with Gasteiger partial charge in [0.1, 0.15) is 0 Å². The summed E-state index contributed by atoms with van der Waals surface area (Å²) in [6, 6.07) is 10.1. The summed E-state index contributed by atoms with van der Waals surface area (Å²) in [5.74, 6) is 0.646. The van der Waals surface area contributed by atoms with Gasteiger partial charge in [0.15, 0.2) is 6.19 Å². The Kier molecular flexibility index (Phi) is 3.70. The molecule has 2 saturated heterocycles. The van der Waals surface area contributed by atoms with Crippen LogP contribution in [0.5, 0.6) is 0 Å². The lowest BCUT2D eigenvalue weighted by atomic mass is 9.83. The number of hydrogen-bond acceptors (Lipinski definition) is 3. The number of nitrogens with two attached hydrogens (primary N) is 1. The molecule has 1 aromatic carbocycles. The van der Waals surface area contributed by atoms with Gasteiger partial charge in [0.05, 0.1) is 0 Å². The molecule has 0 radical (unpaired) electrons. The SMILES string of the molecule is N#CN1CC[C@@H](C2C(c3ccccc3)CCN2C(N)=O)C1. The number of nitriles is 1. The molecule has 2 unspecified atom stereocenters. The number of carbonyl (C=O) groups is 1. The predicted molar refractivity (Wildman–Crippen MR) is 79.2 cm³/mol. The van der Waals surface area contributed by atoms with Crippen LogP contribution >= 0.6 is 0 Å². The molecule has 0 saturated carbocycles. The first-order valence-electron chi connectivity index (χ1n) is 7.46. The monoisotopic (exact) mass is 284 g/mol. The van der Waals surface area contributed by atoms with Crippen molar-refractivity contribution in [2.24, 2.45) is 11.7 Å². The lowest BCUT2D eigenvalue weighted by Gasteiger charge is -2.32. The number of carbonyl (C=O) groups excluding carboxylic acids is 1. The zero-order chi connectivity index (χ0) is 14.8. The van der Waals surface area contributed by atoms with Crippen molar-refractivity contribution in [3.05, 3.63) is 35.9 Å². The minimum Gasteiger partial charge on any atom is -0.351 e. The number of urea groups is 1. The third-order valence-electron chi connectivity index (χ3n) is 4.81. The van der Waals surface area contributed by atoms with Crippen LogP contribution in [0.3, 0.4) is 0 Å². The maximum atomic E-state index is 11.8. The van der Waals surface area contributed by atoms with Gasteiger partial charge in [-0.15, -0.1) is 0 Å². The van der Waals surface area contributed by atoms with Gasteiger partial charge in [-0.1, -0.05) is 30.3 Å². The summed E-state index contributed by atoms with van der Waals surface area (Å²) in [7, 11) is 0. The minimum absolute atomic E-state index is 0.114. The van der Waals surface area contributed by atoms with Crippen molar-refractivity contribution in [3.63, 3.8) is 0 Å². The Morgan fingerprint density at radius 1 is 1.24 bits per heavy atom. The van der Waals surface area contributed by atoms with Crippen molar-refractivity contribution in [3.8, 4) is 6.19 Å². The van der Waals surface area contributed by atoms with Gasteiger partial charge in [-0.05, 0) is 24.3 Å². The number of primary amides is 1. The second kappa shape index (κ2) is 5.65. The molecule has 5 nitrogen and oxygen atoms in total. The van der Waals surface area contributed by atoms with E-state index in [0.717, 1.165) is 25.9 Å². The molecule has 2 aliphatic rings. The number of hydrogen-bond donors (Lipinski definition) is 1. The summed E-state index contributed by atoms with van der Waals surface area (Å²) in [6.07, 6.45) is 4.11. The molecule has 0 aromatic heterocycles. The van der Waals surface area contributed by atoms with Crippen LogP contribution in [0.2, 0.25) is 0 Å². The highest BCUT2D eigenvalue weighted by Crippen LogP contribution is 2.40. The molecular formula is C16H20N4O. The fourth-order valence-electron chi connectivity index (χ4n) is 3.88. The van der Waals surface area contributed by atoms with Crippen LogP contribution in [0.25, 0.3) is 0 Å². The Labute approximate surface area is 124 Å². The smallest absolute Gasteiger partial charge is 0.315 e. The zero-order valence-electron chi connectivity index (χ0n) is 12.0. The topological polar surface area (TPSA) is 73.4 Å². The molecule has 3 atom stereocenters. The third-order valence-corrected chi connectivity index (χ3v) is 4.81. The van der Waals surface area contributed by atoms with E-state index in [2.05, 4.69) is 18.3 Å². The van der Waals surface area contributed by atoms with Crippen LogP contribution in [0.15, 0.2) is 30.3 Å². The van der Waals surface area contributed by atoms with Crippen LogP contribution < -0.4 is 5.73 Å². The molecule has 2 fully saturated rings. The highest BCUT2D eigenvalue weighted by molar-refractivity contribution is 5.73. The van der Waals surface area contributed by atoms with Gasteiger partial charge in [-0.2, -0.15) is 5.26 Å². The molecule has 2 aliphatic heterocycles. The number of likely N-dealkylation sites (tertiary alicyclic amines) is 2. The molecule has 0 aliphatic carbocycles. The summed E-state index contributed by atoms with van der Waals surface area (Å²) in [5.41, 5.74) is 6.84. The van der Waals surface area contributed by atoms with Gasteiger partial charge in [0.2, 0.25) is 0 Å². The minimum atomic E-state index is -0.339. The normalized spacial score (nSPS) is 28.6.